The van der Waals surface area contributed by atoms with Gasteiger partial charge in [-0.3, -0.25) is 9.10 Å². The molecule has 0 heterocycles. The summed E-state index contributed by atoms with van der Waals surface area (Å²) in [6.45, 7) is 3.52. The topological polar surface area (TPSA) is 66.5 Å². The number of aryl methyl sites for hydroxylation is 1. The molecule has 5 nitrogen and oxygen atoms in total. The Morgan fingerprint density at radius 3 is 2.16 bits per heavy atom. The molecule has 1 atom stereocenters. The standard InChI is InChI=1S/C18H21FN2O3S/c1-4-14-5-9-16(10-6-14)20-18(22)13(2)21(25(3,23)24)17-11-7-15(19)8-12-17/h5-13H,4H2,1-3H3,(H,20,22)/t13-/m1/s1. The Kier molecular flexibility index (Phi) is 5.79. The quantitative estimate of drug-likeness (QED) is 0.856. The van der Waals surface area contributed by atoms with E-state index in [1.807, 2.05) is 19.1 Å². The largest absolute Gasteiger partial charge is 0.324 e. The van der Waals surface area contributed by atoms with Crippen LogP contribution in [0.1, 0.15) is 19.4 Å². The van der Waals surface area contributed by atoms with Gasteiger partial charge < -0.3 is 5.32 Å². The SMILES string of the molecule is CCc1ccc(NC(=O)[C@@H](C)N(c2ccc(F)cc2)S(C)(=O)=O)cc1. The zero-order chi connectivity index (χ0) is 18.6. The Balaban J connectivity index is 2.24. The summed E-state index contributed by atoms with van der Waals surface area (Å²) >= 11 is 0. The Bertz CT molecular complexity index is 834. The Labute approximate surface area is 147 Å². The van der Waals surface area contributed by atoms with E-state index in [9.17, 15) is 17.6 Å². The number of sulfonamides is 1. The molecule has 1 amide bonds. The van der Waals surface area contributed by atoms with Crippen molar-refractivity contribution in [1.29, 1.82) is 0 Å². The first-order chi connectivity index (χ1) is 11.7. The maximum Gasteiger partial charge on any atom is 0.247 e. The molecule has 0 spiro atoms. The first-order valence-corrected chi connectivity index (χ1v) is 9.72. The summed E-state index contributed by atoms with van der Waals surface area (Å²) in [6.07, 6.45) is 1.90. The normalized spacial score (nSPS) is 12.5. The van der Waals surface area contributed by atoms with Crippen molar-refractivity contribution < 1.29 is 17.6 Å². The number of nitrogens with one attached hydrogen (secondary N) is 1. The first-order valence-electron chi connectivity index (χ1n) is 7.87. The number of hydrogen-bond acceptors (Lipinski definition) is 3. The lowest BCUT2D eigenvalue weighted by Gasteiger charge is -2.28. The van der Waals surface area contributed by atoms with E-state index in [-0.39, 0.29) is 5.69 Å². The highest BCUT2D eigenvalue weighted by molar-refractivity contribution is 7.92. The molecular weight excluding hydrogens is 343 g/mol. The van der Waals surface area contributed by atoms with Crippen LogP contribution in [0.2, 0.25) is 0 Å². The molecule has 134 valence electrons. The predicted molar refractivity (Wildman–Crippen MR) is 97.6 cm³/mol. The van der Waals surface area contributed by atoms with Crippen molar-refractivity contribution in [2.75, 3.05) is 15.9 Å². The van der Waals surface area contributed by atoms with Crippen molar-refractivity contribution >= 4 is 27.3 Å². The van der Waals surface area contributed by atoms with Crippen LogP contribution >= 0.6 is 0 Å². The summed E-state index contributed by atoms with van der Waals surface area (Å²) in [5, 5.41) is 2.71. The predicted octanol–water partition coefficient (Wildman–Crippen LogP) is 3.18. The van der Waals surface area contributed by atoms with Crippen molar-refractivity contribution in [3.8, 4) is 0 Å². The van der Waals surface area contributed by atoms with Gasteiger partial charge >= 0.3 is 0 Å². The zero-order valence-corrected chi connectivity index (χ0v) is 15.2. The van der Waals surface area contributed by atoms with Crippen molar-refractivity contribution in [1.82, 2.24) is 0 Å². The van der Waals surface area contributed by atoms with E-state index in [0.29, 0.717) is 5.69 Å². The molecule has 0 aromatic heterocycles. The van der Waals surface area contributed by atoms with Gasteiger partial charge in [0.15, 0.2) is 0 Å². The molecule has 0 bridgehead atoms. The number of rotatable bonds is 6. The molecule has 1 N–H and O–H groups in total. The van der Waals surface area contributed by atoms with Gasteiger partial charge in [-0.25, -0.2) is 12.8 Å². The van der Waals surface area contributed by atoms with Gasteiger partial charge in [0.2, 0.25) is 15.9 Å². The summed E-state index contributed by atoms with van der Waals surface area (Å²) in [5.41, 5.74) is 1.95. The van der Waals surface area contributed by atoms with Crippen LogP contribution in [-0.4, -0.2) is 26.6 Å². The molecule has 0 aliphatic heterocycles. The fourth-order valence-electron chi connectivity index (χ4n) is 2.47. The minimum Gasteiger partial charge on any atom is -0.324 e. The number of nitrogens with zero attached hydrogens (tertiary/aromatic N) is 1. The molecule has 25 heavy (non-hydrogen) atoms. The molecular formula is C18H21FN2O3S. The minimum atomic E-state index is -3.73. The molecule has 0 saturated carbocycles. The molecule has 0 fully saturated rings. The summed E-state index contributed by atoms with van der Waals surface area (Å²) in [6, 6.07) is 11.3. The van der Waals surface area contributed by atoms with Crippen molar-refractivity contribution in [3.63, 3.8) is 0 Å². The third-order valence-electron chi connectivity index (χ3n) is 3.80. The number of anilines is 2. The fraction of sp³-hybridized carbons (Fsp3) is 0.278. The molecule has 0 aliphatic rings. The van der Waals surface area contributed by atoms with Crippen LogP contribution < -0.4 is 9.62 Å². The summed E-state index contributed by atoms with van der Waals surface area (Å²) in [5.74, 6) is -0.954. The molecule has 2 aromatic carbocycles. The molecule has 2 rings (SSSR count). The zero-order valence-electron chi connectivity index (χ0n) is 14.4. The Hall–Kier alpha value is -2.41. The molecule has 0 unspecified atom stereocenters. The maximum absolute atomic E-state index is 13.1. The van der Waals surface area contributed by atoms with E-state index in [4.69, 9.17) is 0 Å². The fourth-order valence-corrected chi connectivity index (χ4v) is 3.64. The van der Waals surface area contributed by atoms with Crippen molar-refractivity contribution in [3.05, 3.63) is 59.9 Å². The maximum atomic E-state index is 13.1. The second-order valence-electron chi connectivity index (χ2n) is 5.75. The first kappa shape index (κ1) is 18.9. The second-order valence-corrected chi connectivity index (χ2v) is 7.61. The van der Waals surface area contributed by atoms with Crippen LogP contribution in [0.15, 0.2) is 48.5 Å². The van der Waals surface area contributed by atoms with E-state index in [1.54, 1.807) is 12.1 Å². The Morgan fingerprint density at radius 2 is 1.68 bits per heavy atom. The molecule has 0 aliphatic carbocycles. The van der Waals surface area contributed by atoms with Gasteiger partial charge in [-0.05, 0) is 55.3 Å². The highest BCUT2D eigenvalue weighted by Crippen LogP contribution is 2.22. The van der Waals surface area contributed by atoms with Crippen LogP contribution in [0.5, 0.6) is 0 Å². The minimum absolute atomic E-state index is 0.230. The van der Waals surface area contributed by atoms with Gasteiger partial charge in [0.1, 0.15) is 11.9 Å². The lowest BCUT2D eigenvalue weighted by atomic mass is 10.1. The lowest BCUT2D eigenvalue weighted by molar-refractivity contribution is -0.116. The summed E-state index contributed by atoms with van der Waals surface area (Å²) < 4.78 is 38.4. The number of halogens is 1. The Morgan fingerprint density at radius 1 is 1.12 bits per heavy atom. The average molecular weight is 364 g/mol. The number of benzene rings is 2. The van der Waals surface area contributed by atoms with Crippen LogP contribution in [0.25, 0.3) is 0 Å². The smallest absolute Gasteiger partial charge is 0.247 e. The van der Waals surface area contributed by atoms with E-state index in [2.05, 4.69) is 5.32 Å². The van der Waals surface area contributed by atoms with Crippen LogP contribution in [-0.2, 0) is 21.2 Å². The molecule has 2 aromatic rings. The highest BCUT2D eigenvalue weighted by atomic mass is 32.2. The molecule has 0 radical (unpaired) electrons. The molecule has 7 heteroatoms. The third kappa shape index (κ3) is 4.79. The van der Waals surface area contributed by atoms with Crippen LogP contribution in [0.4, 0.5) is 15.8 Å². The lowest BCUT2D eigenvalue weighted by Crippen LogP contribution is -2.45. The third-order valence-corrected chi connectivity index (χ3v) is 5.04. The summed E-state index contributed by atoms with van der Waals surface area (Å²) in [7, 11) is -3.73. The summed E-state index contributed by atoms with van der Waals surface area (Å²) in [4.78, 5) is 12.5. The van der Waals surface area contributed by atoms with Gasteiger partial charge in [0.25, 0.3) is 0 Å². The van der Waals surface area contributed by atoms with Gasteiger partial charge in [-0.15, -0.1) is 0 Å². The van der Waals surface area contributed by atoms with Crippen LogP contribution in [0.3, 0.4) is 0 Å². The second kappa shape index (κ2) is 7.65. The van der Waals surface area contributed by atoms with Crippen molar-refractivity contribution in [2.45, 2.75) is 26.3 Å². The van der Waals surface area contributed by atoms with Gasteiger partial charge in [0, 0.05) is 5.69 Å². The number of hydrogen-bond donors (Lipinski definition) is 1. The van der Waals surface area contributed by atoms with E-state index < -0.39 is 27.8 Å². The van der Waals surface area contributed by atoms with E-state index in [0.717, 1.165) is 34.7 Å². The highest BCUT2D eigenvalue weighted by Gasteiger charge is 2.29. The monoisotopic (exact) mass is 364 g/mol. The van der Waals surface area contributed by atoms with Gasteiger partial charge in [-0.1, -0.05) is 19.1 Å². The van der Waals surface area contributed by atoms with Crippen LogP contribution in [0, 0.1) is 5.82 Å². The van der Waals surface area contributed by atoms with E-state index >= 15 is 0 Å². The van der Waals surface area contributed by atoms with Crippen molar-refractivity contribution in [2.24, 2.45) is 0 Å². The average Bonchev–Trinajstić information content (AvgIpc) is 2.56. The number of carbonyl (C=O) groups is 1. The number of carbonyl (C=O) groups excluding carboxylic acids is 1. The molecule has 0 saturated heterocycles. The van der Waals surface area contributed by atoms with Gasteiger partial charge in [0.05, 0.1) is 11.9 Å². The van der Waals surface area contributed by atoms with Gasteiger partial charge in [-0.2, -0.15) is 0 Å². The van der Waals surface area contributed by atoms with E-state index in [1.165, 1.54) is 19.1 Å². The number of amides is 1.